The molecule has 2 aromatic heterocycles. The molecule has 130 valence electrons. The van der Waals surface area contributed by atoms with E-state index >= 15 is 0 Å². The summed E-state index contributed by atoms with van der Waals surface area (Å²) in [5.41, 5.74) is 0.809. The molecule has 2 heterocycles. The Balaban J connectivity index is 2.07. The summed E-state index contributed by atoms with van der Waals surface area (Å²) < 4.78 is 16.0. The van der Waals surface area contributed by atoms with Gasteiger partial charge in [-0.3, -0.25) is 14.9 Å². The first-order valence-corrected chi connectivity index (χ1v) is 10.1. The number of carbonyl (C=O) groups excluding carboxylic acids is 1. The lowest BCUT2D eigenvalue weighted by Gasteiger charge is -2.03. The number of aryl methyl sites for hydroxylation is 1. The lowest BCUT2D eigenvalue weighted by atomic mass is 10.3. The van der Waals surface area contributed by atoms with Crippen molar-refractivity contribution in [2.24, 2.45) is 4.99 Å². The zero-order valence-electron chi connectivity index (χ0n) is 13.0. The summed E-state index contributed by atoms with van der Waals surface area (Å²) in [5.74, 6) is -0.0738. The van der Waals surface area contributed by atoms with Gasteiger partial charge in [-0.1, -0.05) is 22.7 Å². The van der Waals surface area contributed by atoms with E-state index in [1.54, 1.807) is 17.8 Å². The molecular weight excluding hydrogens is 385 g/mol. The van der Waals surface area contributed by atoms with Gasteiger partial charge in [-0.15, -0.1) is 0 Å². The minimum Gasteiger partial charge on any atom is -0.316 e. The van der Waals surface area contributed by atoms with Gasteiger partial charge in [0, 0.05) is 18.4 Å². The first-order valence-electron chi connectivity index (χ1n) is 7.10. The van der Waals surface area contributed by atoms with Crippen LogP contribution < -0.4 is 4.80 Å². The van der Waals surface area contributed by atoms with Crippen molar-refractivity contribution < 1.29 is 14.1 Å². The third-order valence-electron chi connectivity index (χ3n) is 3.34. The van der Waals surface area contributed by atoms with E-state index in [1.807, 2.05) is 10.8 Å². The van der Waals surface area contributed by atoms with Crippen LogP contribution in [0.5, 0.6) is 0 Å². The maximum Gasteiger partial charge on any atom is 0.324 e. The molecule has 0 aliphatic heterocycles. The molecule has 0 N–H and O–H groups in total. The van der Waals surface area contributed by atoms with Crippen molar-refractivity contribution >= 4 is 55.6 Å². The Morgan fingerprint density at radius 2 is 2.16 bits per heavy atom. The maximum atomic E-state index is 13.5. The van der Waals surface area contributed by atoms with E-state index in [9.17, 15) is 19.3 Å². The van der Waals surface area contributed by atoms with Gasteiger partial charge in [0.25, 0.3) is 5.91 Å². The number of hydrogen-bond donors (Lipinski definition) is 0. The van der Waals surface area contributed by atoms with Gasteiger partial charge >= 0.3 is 5.00 Å². The summed E-state index contributed by atoms with van der Waals surface area (Å²) in [6.45, 7) is 0.628. The Morgan fingerprint density at radius 3 is 2.84 bits per heavy atom. The van der Waals surface area contributed by atoms with Gasteiger partial charge < -0.3 is 4.57 Å². The highest BCUT2D eigenvalue weighted by molar-refractivity contribution is 7.98. The summed E-state index contributed by atoms with van der Waals surface area (Å²) in [4.78, 5) is 27.3. The monoisotopic (exact) mass is 397 g/mol. The largest absolute Gasteiger partial charge is 0.324 e. The zero-order chi connectivity index (χ0) is 18.0. The molecule has 3 rings (SSSR count). The molecule has 1 aromatic carbocycles. The Morgan fingerprint density at radius 1 is 1.36 bits per heavy atom. The standard InChI is InChI=1S/C15H12FN3O3S3/c1-23-7-6-18-10-3-2-9(16)8-12(10)25-15(18)17-14(20)11-4-5-13(24-11)19(21)22/h2-5,8H,6-7H2,1H3. The molecule has 25 heavy (non-hydrogen) atoms. The number of benzene rings is 1. The topological polar surface area (TPSA) is 77.5 Å². The lowest BCUT2D eigenvalue weighted by molar-refractivity contribution is -0.380. The Labute approximate surface area is 153 Å². The van der Waals surface area contributed by atoms with Crippen LogP contribution in [0.2, 0.25) is 0 Å². The molecule has 10 heteroatoms. The number of fused-ring (bicyclic) bond motifs is 1. The van der Waals surface area contributed by atoms with Crippen LogP contribution in [0.4, 0.5) is 9.39 Å². The van der Waals surface area contributed by atoms with Crippen LogP contribution in [0.1, 0.15) is 9.67 Å². The Kier molecular flexibility index (Phi) is 5.30. The highest BCUT2D eigenvalue weighted by Gasteiger charge is 2.16. The highest BCUT2D eigenvalue weighted by Crippen LogP contribution is 2.25. The minimum atomic E-state index is -0.539. The molecule has 0 aliphatic rings. The highest BCUT2D eigenvalue weighted by atomic mass is 32.2. The molecule has 1 amide bonds. The Hall–Kier alpha value is -2.04. The summed E-state index contributed by atoms with van der Waals surface area (Å²) in [5, 5.41) is 10.6. The quantitative estimate of drug-likeness (QED) is 0.483. The van der Waals surface area contributed by atoms with Crippen molar-refractivity contribution in [3.8, 4) is 0 Å². The summed E-state index contributed by atoms with van der Waals surface area (Å²) in [6.07, 6.45) is 1.97. The van der Waals surface area contributed by atoms with E-state index in [0.29, 0.717) is 16.0 Å². The van der Waals surface area contributed by atoms with Crippen LogP contribution in [0.15, 0.2) is 35.3 Å². The van der Waals surface area contributed by atoms with Gasteiger partial charge in [0.05, 0.1) is 15.1 Å². The van der Waals surface area contributed by atoms with Gasteiger partial charge in [-0.05, 0) is 30.5 Å². The number of amides is 1. The van der Waals surface area contributed by atoms with Crippen LogP contribution in [-0.2, 0) is 6.54 Å². The van der Waals surface area contributed by atoms with Crippen LogP contribution in [0.25, 0.3) is 10.2 Å². The van der Waals surface area contributed by atoms with Crippen molar-refractivity contribution in [1.82, 2.24) is 4.57 Å². The van der Waals surface area contributed by atoms with Crippen LogP contribution in [-0.4, -0.2) is 27.4 Å². The first-order chi connectivity index (χ1) is 12.0. The van der Waals surface area contributed by atoms with E-state index in [2.05, 4.69) is 4.99 Å². The van der Waals surface area contributed by atoms with Gasteiger partial charge in [0.15, 0.2) is 4.80 Å². The third-order valence-corrected chi connectivity index (χ3v) is 6.00. The summed E-state index contributed by atoms with van der Waals surface area (Å²) in [6, 6.07) is 7.14. The molecule has 0 spiro atoms. The summed E-state index contributed by atoms with van der Waals surface area (Å²) >= 11 is 3.66. The van der Waals surface area contributed by atoms with E-state index in [4.69, 9.17) is 0 Å². The molecule has 0 unspecified atom stereocenters. The fourth-order valence-electron chi connectivity index (χ4n) is 2.21. The van der Waals surface area contributed by atoms with Crippen molar-refractivity contribution in [2.75, 3.05) is 12.0 Å². The van der Waals surface area contributed by atoms with E-state index in [0.717, 1.165) is 22.6 Å². The predicted molar refractivity (Wildman–Crippen MR) is 99.0 cm³/mol. The smallest absolute Gasteiger partial charge is 0.316 e. The predicted octanol–water partition coefficient (Wildman–Crippen LogP) is 3.92. The number of halogens is 1. The van der Waals surface area contributed by atoms with Crippen molar-refractivity contribution in [3.63, 3.8) is 0 Å². The normalized spacial score (nSPS) is 12.0. The first kappa shape index (κ1) is 17.8. The van der Waals surface area contributed by atoms with Gasteiger partial charge in [0.2, 0.25) is 0 Å². The number of aromatic nitrogens is 1. The number of thioether (sulfide) groups is 1. The zero-order valence-corrected chi connectivity index (χ0v) is 15.4. The third kappa shape index (κ3) is 3.80. The second-order valence-electron chi connectivity index (χ2n) is 4.95. The molecule has 0 aliphatic carbocycles. The van der Waals surface area contributed by atoms with Crippen molar-refractivity contribution in [2.45, 2.75) is 6.54 Å². The van der Waals surface area contributed by atoms with Crippen LogP contribution >= 0.6 is 34.4 Å². The van der Waals surface area contributed by atoms with Gasteiger partial charge in [0.1, 0.15) is 10.7 Å². The SMILES string of the molecule is CSCCn1c(=NC(=O)c2ccc([N+](=O)[O-])s2)sc2cc(F)ccc21. The molecule has 0 saturated carbocycles. The molecular formula is C15H12FN3O3S3. The number of thiazole rings is 1. The second-order valence-corrected chi connectivity index (χ2v) is 8.01. The average molecular weight is 397 g/mol. The second kappa shape index (κ2) is 7.46. The van der Waals surface area contributed by atoms with Crippen LogP contribution in [0.3, 0.4) is 0 Å². The van der Waals surface area contributed by atoms with E-state index in [1.165, 1.54) is 35.6 Å². The number of nitro groups is 1. The molecule has 0 fully saturated rings. The molecule has 0 bridgehead atoms. The van der Waals surface area contributed by atoms with Gasteiger partial charge in [-0.25, -0.2) is 4.39 Å². The van der Waals surface area contributed by atoms with Crippen molar-refractivity contribution in [3.05, 3.63) is 55.9 Å². The number of thiophene rings is 1. The molecule has 0 atom stereocenters. The maximum absolute atomic E-state index is 13.5. The molecule has 0 saturated heterocycles. The summed E-state index contributed by atoms with van der Waals surface area (Å²) in [7, 11) is 0. The molecule has 6 nitrogen and oxygen atoms in total. The minimum absolute atomic E-state index is 0.104. The fourth-order valence-corrected chi connectivity index (χ4v) is 4.36. The van der Waals surface area contributed by atoms with E-state index < -0.39 is 10.8 Å². The van der Waals surface area contributed by atoms with Gasteiger partial charge in [-0.2, -0.15) is 16.8 Å². The van der Waals surface area contributed by atoms with E-state index in [-0.39, 0.29) is 15.7 Å². The average Bonchev–Trinajstić information content (AvgIpc) is 3.17. The van der Waals surface area contributed by atoms with Crippen molar-refractivity contribution in [1.29, 1.82) is 0 Å². The number of rotatable bonds is 5. The molecule has 0 radical (unpaired) electrons. The Bertz CT molecular complexity index is 1020. The number of nitrogens with zero attached hydrogens (tertiary/aromatic N) is 3. The number of carbonyl (C=O) groups is 1. The lowest BCUT2D eigenvalue weighted by Crippen LogP contribution is -2.18. The van der Waals surface area contributed by atoms with Crippen LogP contribution in [0, 0.1) is 15.9 Å². The molecule has 3 aromatic rings. The number of hydrogen-bond acceptors (Lipinski definition) is 6. The fraction of sp³-hybridized carbons (Fsp3) is 0.200.